The highest BCUT2D eigenvalue weighted by atomic mass is 35.5. The van der Waals surface area contributed by atoms with Crippen molar-refractivity contribution in [2.24, 2.45) is 0 Å². The minimum atomic E-state index is -1.14. The molecule has 0 spiro atoms. The smallest absolute Gasteiger partial charge is 0.227 e. The van der Waals surface area contributed by atoms with Gasteiger partial charge in [0.25, 0.3) is 0 Å². The number of hydrogen-bond acceptors (Lipinski definition) is 4. The summed E-state index contributed by atoms with van der Waals surface area (Å²) in [5, 5.41) is 0.631. The maximum absolute atomic E-state index is 13.7. The molecule has 3 heterocycles. The van der Waals surface area contributed by atoms with E-state index in [0.29, 0.717) is 41.1 Å². The van der Waals surface area contributed by atoms with Crippen LogP contribution in [0.5, 0.6) is 11.5 Å². The van der Waals surface area contributed by atoms with Gasteiger partial charge < -0.3 is 9.47 Å². The van der Waals surface area contributed by atoms with Gasteiger partial charge in [0, 0.05) is 23.0 Å². The molecule has 0 aliphatic carbocycles. The zero-order valence-corrected chi connectivity index (χ0v) is 18.3. The predicted molar refractivity (Wildman–Crippen MR) is 123 cm³/mol. The minimum Gasteiger partial charge on any atom is -0.489 e. The van der Waals surface area contributed by atoms with Crippen LogP contribution < -0.4 is 9.47 Å². The van der Waals surface area contributed by atoms with Gasteiger partial charge in [-0.1, -0.05) is 48.9 Å². The van der Waals surface area contributed by atoms with Crippen molar-refractivity contribution in [3.8, 4) is 17.3 Å². The number of carbonyl (C=O) groups excluding carboxylic acids is 1. The predicted octanol–water partition coefficient (Wildman–Crippen LogP) is 5.99. The molecular weight excluding hydrogens is 424 g/mol. The third-order valence-electron chi connectivity index (χ3n) is 5.73. The summed E-state index contributed by atoms with van der Waals surface area (Å²) < 4.78 is 14.1. The Balaban J connectivity index is 1.48. The third-order valence-corrected chi connectivity index (χ3v) is 5.97. The first-order valence-electron chi connectivity index (χ1n) is 10.4. The molecule has 1 atom stereocenters. The molecule has 0 saturated heterocycles. The fraction of sp³-hybridized carbons (Fsp3) is 0.154. The number of nitrogens with zero attached hydrogens (tertiary/aromatic N) is 2. The van der Waals surface area contributed by atoms with Crippen LogP contribution in [-0.2, 0) is 12.2 Å². The molecular formula is C26H21ClN2O3. The monoisotopic (exact) mass is 444 g/mol. The topological polar surface area (TPSA) is 53.4 Å². The van der Waals surface area contributed by atoms with Crippen molar-refractivity contribution in [2.75, 3.05) is 0 Å². The molecule has 0 fully saturated rings. The minimum absolute atomic E-state index is 0.0917. The number of aromatic nitrogens is 2. The zero-order chi connectivity index (χ0) is 22.1. The molecule has 0 N–H and O–H groups in total. The summed E-state index contributed by atoms with van der Waals surface area (Å²) in [6.07, 6.45) is 4.01. The largest absolute Gasteiger partial charge is 0.489 e. The Bertz CT molecular complexity index is 1280. The third kappa shape index (κ3) is 3.45. The van der Waals surface area contributed by atoms with Crippen molar-refractivity contribution in [2.45, 2.75) is 25.6 Å². The second kappa shape index (κ2) is 8.17. The lowest BCUT2D eigenvalue weighted by atomic mass is 9.84. The second-order valence-corrected chi connectivity index (χ2v) is 8.08. The van der Waals surface area contributed by atoms with Crippen LogP contribution in [-0.4, -0.2) is 15.3 Å². The van der Waals surface area contributed by atoms with E-state index >= 15 is 0 Å². The number of ketones is 1. The second-order valence-electron chi connectivity index (χ2n) is 7.64. The van der Waals surface area contributed by atoms with Gasteiger partial charge in [0.2, 0.25) is 5.78 Å². The maximum Gasteiger partial charge on any atom is 0.227 e. The number of pyridine rings is 1. The lowest BCUT2D eigenvalue weighted by Crippen LogP contribution is -2.41. The van der Waals surface area contributed by atoms with Crippen LogP contribution in [0.3, 0.4) is 0 Å². The van der Waals surface area contributed by atoms with Crippen LogP contribution in [0.15, 0.2) is 85.2 Å². The van der Waals surface area contributed by atoms with E-state index in [-0.39, 0.29) is 5.78 Å². The Hall–Kier alpha value is -3.57. The van der Waals surface area contributed by atoms with Gasteiger partial charge in [0.15, 0.2) is 17.2 Å². The van der Waals surface area contributed by atoms with E-state index < -0.39 is 5.60 Å². The number of benzene rings is 2. The quantitative estimate of drug-likeness (QED) is 0.379. The molecule has 32 heavy (non-hydrogen) atoms. The number of carbonyl (C=O) groups is 1. The van der Waals surface area contributed by atoms with Crippen molar-refractivity contribution >= 4 is 17.4 Å². The van der Waals surface area contributed by atoms with E-state index in [0.717, 1.165) is 11.1 Å². The molecule has 0 unspecified atom stereocenters. The number of rotatable bonds is 5. The molecule has 0 bridgehead atoms. The first-order valence-corrected chi connectivity index (χ1v) is 10.8. The van der Waals surface area contributed by atoms with Crippen molar-refractivity contribution in [1.29, 1.82) is 0 Å². The highest BCUT2D eigenvalue weighted by molar-refractivity contribution is 6.30. The van der Waals surface area contributed by atoms with Crippen molar-refractivity contribution in [3.05, 3.63) is 107 Å². The average Bonchev–Trinajstić information content (AvgIpc) is 3.28. The SMILES string of the molecule is CC[C@]1(c2ccc(COc3cccc(Cl)c3)cc2)Oc2cccnc2-n2cccc2C1=O. The first kappa shape index (κ1) is 20.3. The maximum atomic E-state index is 13.7. The normalized spacial score (nSPS) is 17.1. The summed E-state index contributed by atoms with van der Waals surface area (Å²) in [6, 6.07) is 22.4. The molecule has 6 heteroatoms. The van der Waals surface area contributed by atoms with Crippen LogP contribution in [0.4, 0.5) is 0 Å². The van der Waals surface area contributed by atoms with Crippen LogP contribution in [0.25, 0.3) is 5.82 Å². The first-order chi connectivity index (χ1) is 15.6. The molecule has 5 rings (SSSR count). The highest BCUT2D eigenvalue weighted by Gasteiger charge is 2.45. The van der Waals surface area contributed by atoms with Gasteiger partial charge in [-0.25, -0.2) is 4.98 Å². The Labute approximate surface area is 191 Å². The molecule has 0 amide bonds. The van der Waals surface area contributed by atoms with E-state index in [9.17, 15) is 4.79 Å². The zero-order valence-electron chi connectivity index (χ0n) is 17.5. The number of fused-ring (bicyclic) bond motifs is 3. The number of halogens is 1. The van der Waals surface area contributed by atoms with E-state index in [2.05, 4.69) is 4.98 Å². The average molecular weight is 445 g/mol. The van der Waals surface area contributed by atoms with E-state index in [1.165, 1.54) is 0 Å². The standard InChI is InChI=1S/C26H21ClN2O3/c1-2-26(19-12-10-18(11-13-19)17-31-21-7-3-6-20(27)16-21)24(30)22-8-5-15-29(22)25-23(32-26)9-4-14-28-25/h3-16H,2,17H2,1H3/t26-/m1/s1. The molecule has 0 saturated carbocycles. The van der Waals surface area contributed by atoms with Crippen LogP contribution in [0, 0.1) is 0 Å². The molecule has 2 aromatic heterocycles. The molecule has 5 nitrogen and oxygen atoms in total. The van der Waals surface area contributed by atoms with Crippen molar-refractivity contribution in [1.82, 2.24) is 9.55 Å². The van der Waals surface area contributed by atoms with E-state index in [1.807, 2.05) is 73.8 Å². The van der Waals surface area contributed by atoms with Crippen LogP contribution in [0.2, 0.25) is 5.02 Å². The van der Waals surface area contributed by atoms with E-state index in [1.54, 1.807) is 22.9 Å². The Kier molecular flexibility index (Phi) is 5.19. The summed E-state index contributed by atoms with van der Waals surface area (Å²) in [5.74, 6) is 1.80. The number of ether oxygens (including phenoxy) is 2. The summed E-state index contributed by atoms with van der Waals surface area (Å²) in [5.41, 5.74) is 1.18. The van der Waals surface area contributed by atoms with Gasteiger partial charge >= 0.3 is 0 Å². The summed E-state index contributed by atoms with van der Waals surface area (Å²) in [6.45, 7) is 2.35. The van der Waals surface area contributed by atoms with Crippen molar-refractivity contribution in [3.63, 3.8) is 0 Å². The van der Waals surface area contributed by atoms with Crippen molar-refractivity contribution < 1.29 is 14.3 Å². The number of hydrogen-bond donors (Lipinski definition) is 0. The van der Waals surface area contributed by atoms with Gasteiger partial charge in [-0.3, -0.25) is 9.36 Å². The fourth-order valence-electron chi connectivity index (χ4n) is 4.05. The highest BCUT2D eigenvalue weighted by Crippen LogP contribution is 2.40. The lowest BCUT2D eigenvalue weighted by molar-refractivity contribution is 0.0423. The summed E-state index contributed by atoms with van der Waals surface area (Å²) >= 11 is 6.02. The number of Topliss-reactive ketones (excluding diaryl/α,β-unsaturated/α-hetero) is 1. The molecule has 2 aromatic carbocycles. The Morgan fingerprint density at radius 2 is 1.91 bits per heavy atom. The van der Waals surface area contributed by atoms with Gasteiger partial charge in [-0.15, -0.1) is 0 Å². The Morgan fingerprint density at radius 3 is 2.69 bits per heavy atom. The molecule has 0 radical (unpaired) electrons. The van der Waals surface area contributed by atoms with Crippen LogP contribution in [0.1, 0.15) is 35.0 Å². The van der Waals surface area contributed by atoms with Gasteiger partial charge in [0.05, 0.1) is 5.69 Å². The van der Waals surface area contributed by atoms with Gasteiger partial charge in [-0.2, -0.15) is 0 Å². The Morgan fingerprint density at radius 1 is 1.06 bits per heavy atom. The fourth-order valence-corrected chi connectivity index (χ4v) is 4.24. The van der Waals surface area contributed by atoms with Gasteiger partial charge in [-0.05, 0) is 54.4 Å². The summed E-state index contributed by atoms with van der Waals surface area (Å²) in [7, 11) is 0. The molecule has 1 aliphatic heterocycles. The van der Waals surface area contributed by atoms with E-state index in [4.69, 9.17) is 21.1 Å². The van der Waals surface area contributed by atoms with Gasteiger partial charge in [0.1, 0.15) is 12.4 Å². The molecule has 4 aromatic rings. The lowest BCUT2D eigenvalue weighted by Gasteiger charge is -2.31. The molecule has 1 aliphatic rings. The summed E-state index contributed by atoms with van der Waals surface area (Å²) in [4.78, 5) is 18.2. The molecule has 160 valence electrons. The van der Waals surface area contributed by atoms with Crippen LogP contribution >= 0.6 is 11.6 Å².